The van der Waals surface area contributed by atoms with Crippen LogP contribution in [-0.4, -0.2) is 35.2 Å². The normalized spacial score (nSPS) is 12.9. The summed E-state index contributed by atoms with van der Waals surface area (Å²) in [5, 5.41) is 14.2. The number of alkyl halides is 2. The van der Waals surface area contributed by atoms with Gasteiger partial charge in [0.2, 0.25) is 0 Å². The second-order valence-electron chi connectivity index (χ2n) is 2.93. The van der Waals surface area contributed by atoms with Crippen molar-refractivity contribution in [3.05, 3.63) is 17.5 Å². The number of hydrogen-bond acceptors (Lipinski definition) is 4. The average Bonchev–Trinajstić information content (AvgIpc) is 2.60. The minimum Gasteiger partial charge on any atom is -0.385 e. The van der Waals surface area contributed by atoms with E-state index in [2.05, 4.69) is 15.0 Å². The molecule has 0 aliphatic heterocycles. The molecular weight excluding hydrogens is 210 g/mol. The summed E-state index contributed by atoms with van der Waals surface area (Å²) < 4.78 is 28.3. The molecule has 1 aromatic rings. The standard InChI is InChI=1S/C8H10F2N2O3/c1-4-2-5(12-15-4)8(14)11-3-6(13)7(9)10/h2,6-7,13H,3H2,1H3,(H,11,14). The molecule has 7 heteroatoms. The Kier molecular flexibility index (Phi) is 3.73. The van der Waals surface area contributed by atoms with Crippen molar-refractivity contribution in [2.75, 3.05) is 6.54 Å². The zero-order valence-electron chi connectivity index (χ0n) is 7.91. The maximum absolute atomic E-state index is 11.8. The highest BCUT2D eigenvalue weighted by Gasteiger charge is 2.18. The fraction of sp³-hybridized carbons (Fsp3) is 0.500. The number of amides is 1. The molecule has 84 valence electrons. The molecule has 1 atom stereocenters. The summed E-state index contributed by atoms with van der Waals surface area (Å²) in [7, 11) is 0. The number of nitrogens with zero attached hydrogens (tertiary/aromatic N) is 1. The van der Waals surface area contributed by atoms with Gasteiger partial charge in [0.1, 0.15) is 11.9 Å². The zero-order chi connectivity index (χ0) is 11.4. The van der Waals surface area contributed by atoms with Crippen LogP contribution in [0.1, 0.15) is 16.2 Å². The van der Waals surface area contributed by atoms with Gasteiger partial charge in [-0.2, -0.15) is 0 Å². The van der Waals surface area contributed by atoms with Crippen LogP contribution >= 0.6 is 0 Å². The second kappa shape index (κ2) is 4.83. The number of aromatic nitrogens is 1. The van der Waals surface area contributed by atoms with Crippen LogP contribution in [0.4, 0.5) is 8.78 Å². The van der Waals surface area contributed by atoms with E-state index in [1.807, 2.05) is 0 Å². The van der Waals surface area contributed by atoms with Crippen molar-refractivity contribution in [1.29, 1.82) is 0 Å². The van der Waals surface area contributed by atoms with Crippen molar-refractivity contribution in [2.24, 2.45) is 0 Å². The van der Waals surface area contributed by atoms with E-state index in [0.717, 1.165) is 0 Å². The van der Waals surface area contributed by atoms with Gasteiger partial charge in [0.25, 0.3) is 12.3 Å². The molecule has 0 aliphatic carbocycles. The number of hydrogen-bond donors (Lipinski definition) is 2. The summed E-state index contributed by atoms with van der Waals surface area (Å²) in [5.74, 6) is -0.221. The first-order valence-electron chi connectivity index (χ1n) is 4.18. The quantitative estimate of drug-likeness (QED) is 0.767. The Hall–Kier alpha value is -1.50. The molecule has 1 rings (SSSR count). The van der Waals surface area contributed by atoms with Gasteiger partial charge in [-0.3, -0.25) is 4.79 Å². The molecule has 15 heavy (non-hydrogen) atoms. The monoisotopic (exact) mass is 220 g/mol. The Morgan fingerprint density at radius 1 is 1.73 bits per heavy atom. The number of halogens is 2. The van der Waals surface area contributed by atoms with E-state index in [9.17, 15) is 13.6 Å². The summed E-state index contributed by atoms with van der Waals surface area (Å²) >= 11 is 0. The Balaban J connectivity index is 2.43. The van der Waals surface area contributed by atoms with E-state index in [4.69, 9.17) is 5.11 Å². The topological polar surface area (TPSA) is 75.4 Å². The molecule has 0 bridgehead atoms. The van der Waals surface area contributed by atoms with Crippen molar-refractivity contribution >= 4 is 5.91 Å². The Bertz CT molecular complexity index is 340. The van der Waals surface area contributed by atoms with Crippen LogP contribution in [0.2, 0.25) is 0 Å². The van der Waals surface area contributed by atoms with Crippen LogP contribution in [0, 0.1) is 6.92 Å². The Labute approximate surface area is 84.1 Å². The zero-order valence-corrected chi connectivity index (χ0v) is 7.91. The van der Waals surface area contributed by atoms with Crippen molar-refractivity contribution in [3.8, 4) is 0 Å². The van der Waals surface area contributed by atoms with E-state index in [1.54, 1.807) is 6.92 Å². The summed E-state index contributed by atoms with van der Waals surface area (Å²) in [6.45, 7) is 1.07. The molecule has 0 spiro atoms. The van der Waals surface area contributed by atoms with Gasteiger partial charge in [-0.25, -0.2) is 8.78 Å². The highest BCUT2D eigenvalue weighted by molar-refractivity contribution is 5.92. The van der Waals surface area contributed by atoms with Crippen LogP contribution in [0.25, 0.3) is 0 Å². The maximum atomic E-state index is 11.8. The lowest BCUT2D eigenvalue weighted by Gasteiger charge is -2.09. The van der Waals surface area contributed by atoms with Gasteiger partial charge >= 0.3 is 0 Å². The van der Waals surface area contributed by atoms with E-state index in [1.165, 1.54) is 6.07 Å². The molecule has 0 fully saturated rings. The number of aliphatic hydroxyl groups excluding tert-OH is 1. The molecule has 1 amide bonds. The fourth-order valence-electron chi connectivity index (χ4n) is 0.850. The molecular formula is C8H10F2N2O3. The highest BCUT2D eigenvalue weighted by atomic mass is 19.3. The predicted molar refractivity (Wildman–Crippen MR) is 45.6 cm³/mol. The lowest BCUT2D eigenvalue weighted by Crippen LogP contribution is -2.35. The highest BCUT2D eigenvalue weighted by Crippen LogP contribution is 2.02. The van der Waals surface area contributed by atoms with Gasteiger partial charge in [0.15, 0.2) is 5.69 Å². The van der Waals surface area contributed by atoms with Gasteiger partial charge < -0.3 is 14.9 Å². The molecule has 1 aromatic heterocycles. The SMILES string of the molecule is Cc1cc(C(=O)NCC(O)C(F)F)no1. The average molecular weight is 220 g/mol. The second-order valence-corrected chi connectivity index (χ2v) is 2.93. The largest absolute Gasteiger partial charge is 0.385 e. The number of carbonyl (C=O) groups excluding carboxylic acids is 1. The van der Waals surface area contributed by atoms with Gasteiger partial charge in [-0.05, 0) is 6.92 Å². The number of aryl methyl sites for hydroxylation is 1. The number of carbonyl (C=O) groups is 1. The lowest BCUT2D eigenvalue weighted by atomic mass is 10.3. The van der Waals surface area contributed by atoms with Crippen LogP contribution in [0.15, 0.2) is 10.6 Å². The first-order chi connectivity index (χ1) is 7.00. The van der Waals surface area contributed by atoms with Crippen LogP contribution < -0.4 is 5.32 Å². The van der Waals surface area contributed by atoms with Gasteiger partial charge in [-0.15, -0.1) is 0 Å². The molecule has 1 heterocycles. The van der Waals surface area contributed by atoms with Crippen molar-refractivity contribution < 1.29 is 23.2 Å². The predicted octanol–water partition coefficient (Wildman–Crippen LogP) is 0.339. The van der Waals surface area contributed by atoms with Crippen molar-refractivity contribution in [2.45, 2.75) is 19.5 Å². The minimum atomic E-state index is -2.88. The van der Waals surface area contributed by atoms with Crippen molar-refractivity contribution in [1.82, 2.24) is 10.5 Å². The molecule has 0 radical (unpaired) electrons. The number of rotatable bonds is 4. The van der Waals surface area contributed by atoms with Crippen LogP contribution in [0.5, 0.6) is 0 Å². The number of aliphatic hydroxyl groups is 1. The first kappa shape index (κ1) is 11.6. The summed E-state index contributed by atoms with van der Waals surface area (Å²) in [4.78, 5) is 11.2. The van der Waals surface area contributed by atoms with E-state index in [-0.39, 0.29) is 5.69 Å². The molecule has 0 aromatic carbocycles. The fourth-order valence-corrected chi connectivity index (χ4v) is 0.850. The molecule has 2 N–H and O–H groups in total. The minimum absolute atomic E-state index is 0.00559. The summed E-state index contributed by atoms with van der Waals surface area (Å²) in [5.41, 5.74) is -0.00559. The molecule has 0 saturated carbocycles. The number of nitrogens with one attached hydrogen (secondary N) is 1. The smallest absolute Gasteiger partial charge is 0.273 e. The van der Waals surface area contributed by atoms with Crippen LogP contribution in [-0.2, 0) is 0 Å². The van der Waals surface area contributed by atoms with Gasteiger partial charge in [-0.1, -0.05) is 5.16 Å². The lowest BCUT2D eigenvalue weighted by molar-refractivity contribution is -0.00274. The Morgan fingerprint density at radius 3 is 2.87 bits per heavy atom. The third kappa shape index (κ3) is 3.28. The summed E-state index contributed by atoms with van der Waals surface area (Å²) in [6, 6.07) is 1.37. The van der Waals surface area contributed by atoms with E-state index >= 15 is 0 Å². The van der Waals surface area contributed by atoms with Gasteiger partial charge in [0, 0.05) is 12.6 Å². The van der Waals surface area contributed by atoms with Crippen LogP contribution in [0.3, 0.4) is 0 Å². The third-order valence-electron chi connectivity index (χ3n) is 1.62. The molecule has 5 nitrogen and oxygen atoms in total. The van der Waals surface area contributed by atoms with E-state index in [0.29, 0.717) is 5.76 Å². The Morgan fingerprint density at radius 2 is 2.40 bits per heavy atom. The molecule has 1 unspecified atom stereocenters. The first-order valence-corrected chi connectivity index (χ1v) is 4.18. The van der Waals surface area contributed by atoms with E-state index < -0.39 is 25.0 Å². The van der Waals surface area contributed by atoms with Gasteiger partial charge in [0.05, 0.1) is 0 Å². The summed E-state index contributed by atoms with van der Waals surface area (Å²) in [6.07, 6.45) is -4.76. The third-order valence-corrected chi connectivity index (χ3v) is 1.62. The molecule has 0 saturated heterocycles. The van der Waals surface area contributed by atoms with Crippen molar-refractivity contribution in [3.63, 3.8) is 0 Å². The molecule has 0 aliphatic rings. The maximum Gasteiger partial charge on any atom is 0.273 e.